The Balaban J connectivity index is 1.09. The maximum atomic E-state index is 6.61. The smallest absolute Gasteiger partial charge is 0.136 e. The molecule has 4 nitrogen and oxygen atoms in total. The first-order chi connectivity index (χ1) is 31.2. The van der Waals surface area contributed by atoms with E-state index in [9.17, 15) is 0 Å². The van der Waals surface area contributed by atoms with Gasteiger partial charge in [-0.1, -0.05) is 132 Å². The molecule has 0 saturated heterocycles. The first-order valence-electron chi connectivity index (χ1n) is 23.5. The molecule has 0 unspecified atom stereocenters. The molecule has 0 radical (unpaired) electrons. The van der Waals surface area contributed by atoms with E-state index >= 15 is 0 Å². The van der Waals surface area contributed by atoms with Gasteiger partial charge in [-0.15, -0.1) is 0 Å². The van der Waals surface area contributed by atoms with Gasteiger partial charge in [0.25, 0.3) is 0 Å². The van der Waals surface area contributed by atoms with E-state index in [-0.39, 0.29) is 21.7 Å². The molecule has 0 bridgehead atoms. The average molecular weight is 867 g/mol. The number of hydrogen-bond acceptors (Lipinski definition) is 4. The van der Waals surface area contributed by atoms with E-state index in [4.69, 9.17) is 8.83 Å². The topological polar surface area (TPSA) is 32.8 Å². The fraction of sp³-hybridized carbons (Fsp3) is 0.258. The zero-order chi connectivity index (χ0) is 46.5. The summed E-state index contributed by atoms with van der Waals surface area (Å²) in [5.41, 5.74) is 15.5. The number of rotatable bonds is 6. The molecule has 66 heavy (non-hydrogen) atoms. The fourth-order valence-electron chi connectivity index (χ4n) is 9.38. The van der Waals surface area contributed by atoms with Gasteiger partial charge in [0.1, 0.15) is 22.3 Å². The standard InChI is InChI=1S/C62H62N2O2/c1-59(2,3)41-13-21-45(22-14-41)63(46-23-15-42(16-24-46)60(4,5)6)49-29-31-55-53(37-49)51-33-39-34-52-54-38-50(30-32-56(54)66-58(52)36-40(39)35-57(51)65-55)64(47-25-17-43(18-26-47)61(7,8)9)48-27-19-44(20-28-48)62(10,11)12/h13-38H,1-12H3. The summed E-state index contributed by atoms with van der Waals surface area (Å²) in [6.45, 7) is 27.2. The van der Waals surface area contributed by atoms with Crippen molar-refractivity contribution in [1.29, 1.82) is 0 Å². The third-order valence-electron chi connectivity index (χ3n) is 13.5. The molecule has 0 atom stereocenters. The van der Waals surface area contributed by atoms with Crippen molar-refractivity contribution in [3.63, 3.8) is 0 Å². The minimum atomic E-state index is 0.0594. The highest BCUT2D eigenvalue weighted by molar-refractivity contribution is 6.16. The highest BCUT2D eigenvalue weighted by Crippen LogP contribution is 2.44. The maximum Gasteiger partial charge on any atom is 0.136 e. The molecule has 0 fully saturated rings. The monoisotopic (exact) mass is 866 g/mol. The van der Waals surface area contributed by atoms with Gasteiger partial charge in [-0.2, -0.15) is 0 Å². The number of furan rings is 2. The fourth-order valence-corrected chi connectivity index (χ4v) is 9.38. The zero-order valence-electron chi connectivity index (χ0n) is 40.7. The molecule has 4 heteroatoms. The molecule has 332 valence electrons. The van der Waals surface area contributed by atoms with Crippen LogP contribution in [0.25, 0.3) is 54.6 Å². The van der Waals surface area contributed by atoms with Crippen molar-refractivity contribution in [3.05, 3.63) is 180 Å². The van der Waals surface area contributed by atoms with Crippen LogP contribution in [0.3, 0.4) is 0 Å². The van der Waals surface area contributed by atoms with E-state index in [1.54, 1.807) is 0 Å². The zero-order valence-corrected chi connectivity index (χ0v) is 40.7. The Hall–Kier alpha value is -6.78. The predicted molar refractivity (Wildman–Crippen MR) is 283 cm³/mol. The molecule has 10 aromatic rings. The van der Waals surface area contributed by atoms with Crippen LogP contribution in [0.2, 0.25) is 0 Å². The van der Waals surface area contributed by atoms with Crippen LogP contribution < -0.4 is 9.80 Å². The van der Waals surface area contributed by atoms with Crippen LogP contribution in [-0.4, -0.2) is 0 Å². The molecular formula is C62H62N2O2. The van der Waals surface area contributed by atoms with Crippen molar-refractivity contribution in [1.82, 2.24) is 0 Å². The molecule has 0 aliphatic heterocycles. The van der Waals surface area contributed by atoms with Gasteiger partial charge in [0.05, 0.1) is 0 Å². The van der Waals surface area contributed by atoms with E-state index in [1.165, 1.54) is 22.3 Å². The van der Waals surface area contributed by atoms with Crippen molar-refractivity contribution < 1.29 is 8.83 Å². The predicted octanol–water partition coefficient (Wildman–Crippen LogP) is 18.8. The van der Waals surface area contributed by atoms with E-state index in [1.807, 2.05) is 0 Å². The van der Waals surface area contributed by atoms with Gasteiger partial charge in [-0.3, -0.25) is 0 Å². The van der Waals surface area contributed by atoms with Crippen molar-refractivity contribution in [3.8, 4) is 0 Å². The van der Waals surface area contributed by atoms with Gasteiger partial charge in [0.15, 0.2) is 0 Å². The Bertz CT molecular complexity index is 3070. The lowest BCUT2D eigenvalue weighted by Crippen LogP contribution is -2.14. The van der Waals surface area contributed by atoms with Crippen LogP contribution in [0.15, 0.2) is 167 Å². The van der Waals surface area contributed by atoms with Gasteiger partial charge >= 0.3 is 0 Å². The summed E-state index contributed by atoms with van der Waals surface area (Å²) >= 11 is 0. The van der Waals surface area contributed by atoms with Crippen LogP contribution >= 0.6 is 0 Å². The summed E-state index contributed by atoms with van der Waals surface area (Å²) in [6.07, 6.45) is 0. The first kappa shape index (κ1) is 43.1. The summed E-state index contributed by atoms with van der Waals surface area (Å²) in [6, 6.07) is 58.2. The molecule has 0 aliphatic carbocycles. The Morgan fingerprint density at radius 3 is 0.773 bits per heavy atom. The van der Waals surface area contributed by atoms with Crippen molar-refractivity contribution in [2.45, 2.75) is 105 Å². The van der Waals surface area contributed by atoms with Gasteiger partial charge in [0, 0.05) is 55.7 Å². The number of nitrogens with zero attached hydrogens (tertiary/aromatic N) is 2. The normalized spacial score (nSPS) is 12.8. The molecule has 2 aromatic heterocycles. The quantitative estimate of drug-likeness (QED) is 0.167. The second kappa shape index (κ2) is 15.4. The minimum absolute atomic E-state index is 0.0594. The highest BCUT2D eigenvalue weighted by Gasteiger charge is 2.23. The highest BCUT2D eigenvalue weighted by atomic mass is 16.3. The summed E-state index contributed by atoms with van der Waals surface area (Å²) in [5, 5.41) is 6.54. The molecule has 0 spiro atoms. The molecule has 0 aliphatic rings. The Kier molecular flexibility index (Phi) is 10.1. The lowest BCUT2D eigenvalue weighted by Gasteiger charge is -2.28. The van der Waals surface area contributed by atoms with E-state index in [0.29, 0.717) is 0 Å². The lowest BCUT2D eigenvalue weighted by molar-refractivity contribution is 0.590. The third-order valence-corrected chi connectivity index (χ3v) is 13.5. The summed E-state index contributed by atoms with van der Waals surface area (Å²) in [4.78, 5) is 4.72. The van der Waals surface area contributed by atoms with Crippen LogP contribution in [-0.2, 0) is 21.7 Å². The SMILES string of the molecule is CC(C)(C)c1ccc(N(c2ccc(C(C)(C)C)cc2)c2ccc3oc4cc5cc6oc7ccc(N(c8ccc(C(C)(C)C)cc8)c8ccc(C(C)(C)C)cc8)cc7c6cc5cc4c3c2)cc1. The number of fused-ring (bicyclic) bond motifs is 7. The third kappa shape index (κ3) is 7.91. The van der Waals surface area contributed by atoms with Gasteiger partial charge in [-0.05, 0) is 164 Å². The summed E-state index contributed by atoms with van der Waals surface area (Å²) in [5.74, 6) is 0. The Morgan fingerprint density at radius 1 is 0.258 bits per heavy atom. The minimum Gasteiger partial charge on any atom is -0.456 e. The van der Waals surface area contributed by atoms with Crippen molar-refractivity contribution in [2.75, 3.05) is 9.80 Å². The van der Waals surface area contributed by atoms with E-state index < -0.39 is 0 Å². The van der Waals surface area contributed by atoms with Crippen LogP contribution in [0.4, 0.5) is 34.1 Å². The second-order valence-corrected chi connectivity index (χ2v) is 22.5. The maximum absolute atomic E-state index is 6.61. The summed E-state index contributed by atoms with van der Waals surface area (Å²) < 4.78 is 13.2. The number of hydrogen-bond donors (Lipinski definition) is 0. The largest absolute Gasteiger partial charge is 0.456 e. The molecule has 0 saturated carbocycles. The molecule has 0 N–H and O–H groups in total. The van der Waals surface area contributed by atoms with Crippen molar-refractivity contribution >= 4 is 88.8 Å². The second-order valence-electron chi connectivity index (χ2n) is 22.5. The van der Waals surface area contributed by atoms with Crippen LogP contribution in [0.5, 0.6) is 0 Å². The van der Waals surface area contributed by atoms with E-state index in [0.717, 1.165) is 88.8 Å². The first-order valence-corrected chi connectivity index (χ1v) is 23.5. The van der Waals surface area contributed by atoms with Crippen LogP contribution in [0.1, 0.15) is 105 Å². The molecular weight excluding hydrogens is 805 g/mol. The van der Waals surface area contributed by atoms with Crippen molar-refractivity contribution in [2.24, 2.45) is 0 Å². The molecule has 10 rings (SSSR count). The molecule has 2 heterocycles. The van der Waals surface area contributed by atoms with Gasteiger partial charge in [0.2, 0.25) is 0 Å². The van der Waals surface area contributed by atoms with E-state index in [2.05, 4.69) is 251 Å². The molecule has 0 amide bonds. The summed E-state index contributed by atoms with van der Waals surface area (Å²) in [7, 11) is 0. The molecule has 8 aromatic carbocycles. The Labute approximate surface area is 390 Å². The lowest BCUT2D eigenvalue weighted by atomic mass is 9.86. The van der Waals surface area contributed by atoms with Gasteiger partial charge < -0.3 is 18.6 Å². The number of anilines is 6. The van der Waals surface area contributed by atoms with Gasteiger partial charge in [-0.25, -0.2) is 0 Å². The average Bonchev–Trinajstić information content (AvgIpc) is 3.80. The van der Waals surface area contributed by atoms with Crippen LogP contribution in [0, 0.1) is 0 Å². The Morgan fingerprint density at radius 2 is 0.500 bits per heavy atom. The number of benzene rings is 8.